The Balaban J connectivity index is 1.58. The zero-order valence-corrected chi connectivity index (χ0v) is 13.3. The van der Waals surface area contributed by atoms with Crippen molar-refractivity contribution in [1.82, 2.24) is 24.8 Å². The third kappa shape index (κ3) is 3.27. The van der Waals surface area contributed by atoms with Gasteiger partial charge in [0, 0.05) is 13.0 Å². The Kier molecular flexibility index (Phi) is 4.37. The smallest absolute Gasteiger partial charge is 0.240 e. The second-order valence-electron chi connectivity index (χ2n) is 5.55. The second kappa shape index (κ2) is 6.43. The number of rotatable bonds is 4. The summed E-state index contributed by atoms with van der Waals surface area (Å²) in [6.45, 7) is 2.68. The van der Waals surface area contributed by atoms with Gasteiger partial charge in [0.25, 0.3) is 0 Å². The van der Waals surface area contributed by atoms with Crippen molar-refractivity contribution in [2.75, 3.05) is 13.1 Å². The molecular weight excluding hydrogens is 302 g/mol. The Bertz CT molecular complexity index is 651. The standard InChI is InChI=1S/C14H19N5O2S/c1-10(11-7-19-14(17-11)22-9-15-19)16-12(20)8-18-6-4-2-3-5-13(18)21/h7,9-10H,2-6,8H2,1H3,(H,16,20). The number of likely N-dealkylation sites (tertiary alicyclic amines) is 1. The highest BCUT2D eigenvalue weighted by Crippen LogP contribution is 2.15. The van der Waals surface area contributed by atoms with Crippen LogP contribution in [0.15, 0.2) is 11.7 Å². The highest BCUT2D eigenvalue weighted by molar-refractivity contribution is 7.14. The first kappa shape index (κ1) is 15.0. The number of fused-ring (bicyclic) bond motifs is 1. The zero-order chi connectivity index (χ0) is 15.5. The highest BCUT2D eigenvalue weighted by atomic mass is 32.1. The molecule has 118 valence electrons. The summed E-state index contributed by atoms with van der Waals surface area (Å²) in [5.74, 6) is -0.0703. The van der Waals surface area contributed by atoms with Gasteiger partial charge in [0.1, 0.15) is 5.51 Å². The maximum atomic E-state index is 12.2. The molecule has 1 N–H and O–H groups in total. The molecule has 1 atom stereocenters. The molecule has 0 aromatic carbocycles. The minimum Gasteiger partial charge on any atom is -0.346 e. The molecule has 3 heterocycles. The van der Waals surface area contributed by atoms with Gasteiger partial charge < -0.3 is 10.2 Å². The number of hydrogen-bond donors (Lipinski definition) is 1. The fourth-order valence-corrected chi connectivity index (χ4v) is 3.21. The number of amides is 2. The number of hydrogen-bond acceptors (Lipinski definition) is 5. The SMILES string of the molecule is CC(NC(=O)CN1CCCCCC1=O)c1cn2ncsc2n1. The lowest BCUT2D eigenvalue weighted by molar-refractivity contribution is -0.135. The Labute approximate surface area is 132 Å². The fourth-order valence-electron chi connectivity index (χ4n) is 2.60. The van der Waals surface area contributed by atoms with E-state index in [-0.39, 0.29) is 24.4 Å². The summed E-state index contributed by atoms with van der Waals surface area (Å²) in [5, 5.41) is 7.03. The summed E-state index contributed by atoms with van der Waals surface area (Å²) in [4.78, 5) is 31.0. The van der Waals surface area contributed by atoms with Gasteiger partial charge in [0.05, 0.1) is 24.5 Å². The molecule has 0 saturated carbocycles. The lowest BCUT2D eigenvalue weighted by Gasteiger charge is -2.21. The van der Waals surface area contributed by atoms with E-state index >= 15 is 0 Å². The molecule has 1 aliphatic rings. The summed E-state index contributed by atoms with van der Waals surface area (Å²) in [7, 11) is 0. The molecule has 1 aliphatic heterocycles. The Morgan fingerprint density at radius 2 is 2.32 bits per heavy atom. The predicted molar refractivity (Wildman–Crippen MR) is 82.5 cm³/mol. The quantitative estimate of drug-likeness (QED) is 0.922. The molecule has 2 aromatic rings. The number of nitrogens with zero attached hydrogens (tertiary/aromatic N) is 4. The molecule has 0 aliphatic carbocycles. The summed E-state index contributed by atoms with van der Waals surface area (Å²) >= 11 is 1.45. The van der Waals surface area contributed by atoms with Crippen LogP contribution in [0.1, 0.15) is 44.3 Å². The molecule has 22 heavy (non-hydrogen) atoms. The maximum Gasteiger partial charge on any atom is 0.240 e. The van der Waals surface area contributed by atoms with Crippen molar-refractivity contribution < 1.29 is 9.59 Å². The minimum absolute atomic E-state index is 0.0759. The van der Waals surface area contributed by atoms with Crippen molar-refractivity contribution in [2.45, 2.75) is 38.6 Å². The van der Waals surface area contributed by atoms with Gasteiger partial charge in [-0.15, -0.1) is 0 Å². The van der Waals surface area contributed by atoms with E-state index in [0.717, 1.165) is 29.9 Å². The van der Waals surface area contributed by atoms with E-state index in [1.807, 2.05) is 13.1 Å². The topological polar surface area (TPSA) is 79.6 Å². The average Bonchev–Trinajstić information content (AvgIpc) is 3.01. The van der Waals surface area contributed by atoms with Crippen molar-refractivity contribution in [2.24, 2.45) is 0 Å². The van der Waals surface area contributed by atoms with Gasteiger partial charge in [-0.1, -0.05) is 17.8 Å². The molecule has 7 nitrogen and oxygen atoms in total. The maximum absolute atomic E-state index is 12.2. The third-order valence-corrected chi connectivity index (χ3v) is 4.52. The lowest BCUT2D eigenvalue weighted by atomic mass is 10.2. The van der Waals surface area contributed by atoms with Gasteiger partial charge in [0.2, 0.25) is 16.8 Å². The van der Waals surface area contributed by atoms with Crippen LogP contribution in [0.4, 0.5) is 0 Å². The largest absolute Gasteiger partial charge is 0.346 e. The minimum atomic E-state index is -0.205. The Morgan fingerprint density at radius 1 is 1.45 bits per heavy atom. The van der Waals surface area contributed by atoms with Crippen LogP contribution in [0.3, 0.4) is 0 Å². The summed E-state index contributed by atoms with van der Waals surface area (Å²) < 4.78 is 1.70. The predicted octanol–water partition coefficient (Wildman–Crippen LogP) is 1.37. The van der Waals surface area contributed by atoms with E-state index in [1.165, 1.54) is 11.3 Å². The van der Waals surface area contributed by atoms with Gasteiger partial charge in [-0.2, -0.15) is 5.10 Å². The van der Waals surface area contributed by atoms with Crippen LogP contribution in [0.5, 0.6) is 0 Å². The van der Waals surface area contributed by atoms with Crippen LogP contribution < -0.4 is 5.32 Å². The van der Waals surface area contributed by atoms with Gasteiger partial charge in [-0.3, -0.25) is 9.59 Å². The molecule has 2 aromatic heterocycles. The number of carbonyl (C=O) groups excluding carboxylic acids is 2. The molecule has 8 heteroatoms. The fraction of sp³-hybridized carbons (Fsp3) is 0.571. The van der Waals surface area contributed by atoms with Crippen LogP contribution in [-0.2, 0) is 9.59 Å². The first-order valence-corrected chi connectivity index (χ1v) is 8.37. The van der Waals surface area contributed by atoms with Gasteiger partial charge >= 0.3 is 0 Å². The summed E-state index contributed by atoms with van der Waals surface area (Å²) in [5.41, 5.74) is 2.50. The van der Waals surface area contributed by atoms with E-state index in [1.54, 1.807) is 14.9 Å². The van der Waals surface area contributed by atoms with Crippen LogP contribution in [0, 0.1) is 0 Å². The third-order valence-electron chi connectivity index (χ3n) is 3.83. The molecule has 1 saturated heterocycles. The molecule has 1 unspecified atom stereocenters. The first-order valence-electron chi connectivity index (χ1n) is 7.49. The number of nitrogens with one attached hydrogen (secondary N) is 1. The van der Waals surface area contributed by atoms with E-state index < -0.39 is 0 Å². The van der Waals surface area contributed by atoms with E-state index in [4.69, 9.17) is 0 Å². The van der Waals surface area contributed by atoms with Crippen molar-refractivity contribution >= 4 is 28.1 Å². The van der Waals surface area contributed by atoms with Crippen molar-refractivity contribution in [3.63, 3.8) is 0 Å². The van der Waals surface area contributed by atoms with E-state index in [9.17, 15) is 9.59 Å². The monoisotopic (exact) mass is 321 g/mol. The van der Waals surface area contributed by atoms with Crippen LogP contribution in [0.2, 0.25) is 0 Å². The van der Waals surface area contributed by atoms with Gasteiger partial charge in [0.15, 0.2) is 0 Å². The second-order valence-corrected chi connectivity index (χ2v) is 6.36. The summed E-state index contributed by atoms with van der Waals surface area (Å²) in [6.07, 6.45) is 5.31. The molecular formula is C14H19N5O2S. The van der Waals surface area contributed by atoms with Crippen molar-refractivity contribution in [3.8, 4) is 0 Å². The average molecular weight is 321 g/mol. The lowest BCUT2D eigenvalue weighted by Crippen LogP contribution is -2.41. The molecule has 0 spiro atoms. The molecule has 1 fully saturated rings. The Morgan fingerprint density at radius 3 is 3.14 bits per heavy atom. The Hall–Kier alpha value is -1.96. The number of carbonyl (C=O) groups is 2. The van der Waals surface area contributed by atoms with Crippen LogP contribution >= 0.6 is 11.3 Å². The van der Waals surface area contributed by atoms with Crippen molar-refractivity contribution in [3.05, 3.63) is 17.4 Å². The summed E-state index contributed by atoms with van der Waals surface area (Å²) in [6, 6.07) is -0.205. The van der Waals surface area contributed by atoms with Gasteiger partial charge in [-0.05, 0) is 19.8 Å². The van der Waals surface area contributed by atoms with Gasteiger partial charge in [-0.25, -0.2) is 9.50 Å². The first-order chi connectivity index (χ1) is 10.6. The highest BCUT2D eigenvalue weighted by Gasteiger charge is 2.21. The van der Waals surface area contributed by atoms with E-state index in [2.05, 4.69) is 15.4 Å². The normalized spacial score (nSPS) is 17.5. The number of imidazole rings is 1. The van der Waals surface area contributed by atoms with E-state index in [0.29, 0.717) is 13.0 Å². The number of aromatic nitrogens is 3. The zero-order valence-electron chi connectivity index (χ0n) is 12.5. The van der Waals surface area contributed by atoms with Crippen LogP contribution in [0.25, 0.3) is 4.96 Å². The molecule has 2 amide bonds. The molecule has 3 rings (SSSR count). The van der Waals surface area contributed by atoms with Crippen LogP contribution in [-0.4, -0.2) is 44.4 Å². The van der Waals surface area contributed by atoms with Crippen molar-refractivity contribution in [1.29, 1.82) is 0 Å². The molecule has 0 radical (unpaired) electrons. The molecule has 0 bridgehead atoms.